The smallest absolute Gasteiger partial charge is 0.236 e. The molecule has 1 amide bonds. The molecule has 0 atom stereocenters. The summed E-state index contributed by atoms with van der Waals surface area (Å²) < 4.78 is 10.2. The zero-order valence-corrected chi connectivity index (χ0v) is 13.4. The van der Waals surface area contributed by atoms with Gasteiger partial charge in [0.2, 0.25) is 5.91 Å². The van der Waals surface area contributed by atoms with Gasteiger partial charge in [0.25, 0.3) is 0 Å². The largest absolute Gasteiger partial charge is 0.497 e. The average Bonchev–Trinajstić information content (AvgIpc) is 2.59. The van der Waals surface area contributed by atoms with Gasteiger partial charge in [0.15, 0.2) is 0 Å². The van der Waals surface area contributed by atoms with Crippen molar-refractivity contribution in [2.45, 2.75) is 0 Å². The number of carbonyl (C=O) groups excluding carboxylic acids is 1. The van der Waals surface area contributed by atoms with Crippen molar-refractivity contribution in [1.82, 2.24) is 10.2 Å². The van der Waals surface area contributed by atoms with E-state index in [9.17, 15) is 4.79 Å². The Kier molecular flexibility index (Phi) is 6.48. The molecule has 0 unspecified atom stereocenters. The van der Waals surface area contributed by atoms with Gasteiger partial charge in [-0.1, -0.05) is 6.07 Å². The van der Waals surface area contributed by atoms with Crippen molar-refractivity contribution >= 4 is 11.6 Å². The Hall–Kier alpha value is -1.79. The van der Waals surface area contributed by atoms with Crippen LogP contribution >= 0.6 is 0 Å². The van der Waals surface area contributed by atoms with E-state index in [-0.39, 0.29) is 5.91 Å². The Labute approximate surface area is 132 Å². The van der Waals surface area contributed by atoms with Crippen LogP contribution in [0.4, 0.5) is 5.69 Å². The number of carbonyl (C=O) groups is 1. The molecule has 122 valence electrons. The van der Waals surface area contributed by atoms with Gasteiger partial charge in [-0.3, -0.25) is 4.79 Å². The molecule has 1 heterocycles. The first-order valence-corrected chi connectivity index (χ1v) is 7.61. The molecule has 1 N–H and O–H groups in total. The molecule has 1 aliphatic heterocycles. The molecule has 6 nitrogen and oxygen atoms in total. The normalized spacial score (nSPS) is 15.0. The summed E-state index contributed by atoms with van der Waals surface area (Å²) in [7, 11) is 3.33. The Morgan fingerprint density at radius 1 is 1.23 bits per heavy atom. The molecule has 1 aliphatic rings. The summed E-state index contributed by atoms with van der Waals surface area (Å²) in [4.78, 5) is 16.3. The highest BCUT2D eigenvalue weighted by molar-refractivity contribution is 5.78. The van der Waals surface area contributed by atoms with Gasteiger partial charge in [0, 0.05) is 51.6 Å². The number of ether oxygens (including phenoxy) is 2. The maximum absolute atomic E-state index is 12.1. The van der Waals surface area contributed by atoms with Crippen LogP contribution in [0.25, 0.3) is 0 Å². The summed E-state index contributed by atoms with van der Waals surface area (Å²) >= 11 is 0. The van der Waals surface area contributed by atoms with E-state index in [2.05, 4.69) is 16.3 Å². The number of piperazine rings is 1. The number of hydrogen-bond donors (Lipinski definition) is 1. The third-order valence-electron chi connectivity index (χ3n) is 3.81. The molecule has 0 radical (unpaired) electrons. The molecule has 0 aliphatic carbocycles. The van der Waals surface area contributed by atoms with Gasteiger partial charge < -0.3 is 24.6 Å². The van der Waals surface area contributed by atoms with Gasteiger partial charge in [-0.05, 0) is 12.1 Å². The van der Waals surface area contributed by atoms with Crippen molar-refractivity contribution in [3.05, 3.63) is 24.3 Å². The van der Waals surface area contributed by atoms with E-state index in [0.29, 0.717) is 19.7 Å². The zero-order chi connectivity index (χ0) is 15.8. The molecule has 0 saturated carbocycles. The van der Waals surface area contributed by atoms with Crippen molar-refractivity contribution in [1.29, 1.82) is 0 Å². The quantitative estimate of drug-likeness (QED) is 0.747. The SMILES string of the molecule is COCCNCC(=O)N1CCN(c2cccc(OC)c2)CC1. The predicted octanol–water partition coefficient (Wildman–Crippen LogP) is 0.580. The van der Waals surface area contributed by atoms with Crippen LogP contribution in [0.2, 0.25) is 0 Å². The summed E-state index contributed by atoms with van der Waals surface area (Å²) in [6, 6.07) is 8.04. The fourth-order valence-corrected chi connectivity index (χ4v) is 2.50. The Morgan fingerprint density at radius 2 is 2.00 bits per heavy atom. The summed E-state index contributed by atoms with van der Waals surface area (Å²) in [5, 5.41) is 3.10. The van der Waals surface area contributed by atoms with Crippen LogP contribution in [-0.2, 0) is 9.53 Å². The number of rotatable bonds is 7. The first-order chi connectivity index (χ1) is 10.7. The number of benzene rings is 1. The second-order valence-corrected chi connectivity index (χ2v) is 5.24. The van der Waals surface area contributed by atoms with Crippen LogP contribution in [0.5, 0.6) is 5.75 Å². The minimum atomic E-state index is 0.154. The van der Waals surface area contributed by atoms with Gasteiger partial charge in [-0.15, -0.1) is 0 Å². The van der Waals surface area contributed by atoms with Crippen molar-refractivity contribution in [3.8, 4) is 5.75 Å². The van der Waals surface area contributed by atoms with E-state index in [0.717, 1.165) is 37.6 Å². The highest BCUT2D eigenvalue weighted by atomic mass is 16.5. The molecule has 1 aromatic carbocycles. The third kappa shape index (κ3) is 4.61. The third-order valence-corrected chi connectivity index (χ3v) is 3.81. The van der Waals surface area contributed by atoms with Crippen molar-refractivity contribution in [3.63, 3.8) is 0 Å². The van der Waals surface area contributed by atoms with E-state index in [4.69, 9.17) is 9.47 Å². The molecule has 1 saturated heterocycles. The topological polar surface area (TPSA) is 54.0 Å². The Morgan fingerprint density at radius 3 is 2.68 bits per heavy atom. The van der Waals surface area contributed by atoms with Crippen LogP contribution < -0.4 is 15.0 Å². The Balaban J connectivity index is 1.78. The first-order valence-electron chi connectivity index (χ1n) is 7.61. The second-order valence-electron chi connectivity index (χ2n) is 5.24. The molecule has 0 spiro atoms. The summed E-state index contributed by atoms with van der Waals surface area (Å²) in [6.45, 7) is 4.89. The fraction of sp³-hybridized carbons (Fsp3) is 0.562. The lowest BCUT2D eigenvalue weighted by Gasteiger charge is -2.36. The van der Waals surface area contributed by atoms with E-state index >= 15 is 0 Å². The maximum Gasteiger partial charge on any atom is 0.236 e. The van der Waals surface area contributed by atoms with Gasteiger partial charge in [-0.25, -0.2) is 0 Å². The lowest BCUT2D eigenvalue weighted by Crippen LogP contribution is -2.51. The maximum atomic E-state index is 12.1. The van der Waals surface area contributed by atoms with Crippen LogP contribution in [0, 0.1) is 0 Å². The highest BCUT2D eigenvalue weighted by Crippen LogP contribution is 2.22. The number of amides is 1. The number of anilines is 1. The molecule has 22 heavy (non-hydrogen) atoms. The number of methoxy groups -OCH3 is 2. The summed E-state index contributed by atoms with van der Waals surface area (Å²) in [6.07, 6.45) is 0. The van der Waals surface area contributed by atoms with Crippen LogP contribution in [0.1, 0.15) is 0 Å². The van der Waals surface area contributed by atoms with Crippen LogP contribution in [0.15, 0.2) is 24.3 Å². The Bertz CT molecular complexity index is 473. The minimum Gasteiger partial charge on any atom is -0.497 e. The summed E-state index contributed by atoms with van der Waals surface area (Å²) in [5.41, 5.74) is 1.14. The second kappa shape index (κ2) is 8.60. The lowest BCUT2D eigenvalue weighted by molar-refractivity contribution is -0.130. The average molecular weight is 307 g/mol. The van der Waals surface area contributed by atoms with E-state index in [1.54, 1.807) is 14.2 Å². The van der Waals surface area contributed by atoms with Crippen molar-refractivity contribution in [2.75, 3.05) is 65.0 Å². The van der Waals surface area contributed by atoms with Crippen LogP contribution in [-0.4, -0.2) is 70.9 Å². The van der Waals surface area contributed by atoms with Crippen molar-refractivity contribution in [2.24, 2.45) is 0 Å². The lowest BCUT2D eigenvalue weighted by atomic mass is 10.2. The molecular weight excluding hydrogens is 282 g/mol. The number of hydrogen-bond acceptors (Lipinski definition) is 5. The fourth-order valence-electron chi connectivity index (χ4n) is 2.50. The number of nitrogens with one attached hydrogen (secondary N) is 1. The van der Waals surface area contributed by atoms with E-state index in [1.165, 1.54) is 0 Å². The molecule has 1 aromatic rings. The van der Waals surface area contributed by atoms with Gasteiger partial charge >= 0.3 is 0 Å². The van der Waals surface area contributed by atoms with Gasteiger partial charge in [0.05, 0.1) is 20.3 Å². The molecule has 2 rings (SSSR count). The van der Waals surface area contributed by atoms with Crippen molar-refractivity contribution < 1.29 is 14.3 Å². The first kappa shape index (κ1) is 16.6. The standard InChI is InChI=1S/C16H25N3O3/c1-21-11-6-17-13-16(20)19-9-7-18(8-10-19)14-4-3-5-15(12-14)22-2/h3-5,12,17H,6-11,13H2,1-2H3. The van der Waals surface area contributed by atoms with Crippen LogP contribution in [0.3, 0.4) is 0 Å². The van der Waals surface area contributed by atoms with Gasteiger partial charge in [-0.2, -0.15) is 0 Å². The molecular formula is C16H25N3O3. The molecule has 0 bridgehead atoms. The monoisotopic (exact) mass is 307 g/mol. The minimum absolute atomic E-state index is 0.154. The summed E-state index contributed by atoms with van der Waals surface area (Å²) in [5.74, 6) is 1.01. The molecule has 1 fully saturated rings. The van der Waals surface area contributed by atoms with E-state index < -0.39 is 0 Å². The van der Waals surface area contributed by atoms with E-state index in [1.807, 2.05) is 23.1 Å². The van der Waals surface area contributed by atoms with Gasteiger partial charge in [0.1, 0.15) is 5.75 Å². The number of nitrogens with zero attached hydrogens (tertiary/aromatic N) is 2. The predicted molar refractivity (Wildman–Crippen MR) is 86.5 cm³/mol. The molecule has 6 heteroatoms. The molecule has 0 aromatic heterocycles. The zero-order valence-electron chi connectivity index (χ0n) is 13.4. The highest BCUT2D eigenvalue weighted by Gasteiger charge is 2.21.